The Morgan fingerprint density at radius 3 is 2.73 bits per heavy atom. The zero-order chi connectivity index (χ0) is 21.7. The second-order valence-electron chi connectivity index (χ2n) is 7.09. The van der Waals surface area contributed by atoms with Crippen LogP contribution in [0.1, 0.15) is 20.3 Å². The molecule has 0 saturated heterocycles. The van der Waals surface area contributed by atoms with Crippen LogP contribution in [0.5, 0.6) is 5.75 Å². The molecule has 2 aromatic heterocycles. The first-order valence-electron chi connectivity index (χ1n) is 9.42. The maximum atomic E-state index is 14.2. The van der Waals surface area contributed by atoms with E-state index in [0.717, 1.165) is 6.42 Å². The van der Waals surface area contributed by atoms with Crippen LogP contribution < -0.4 is 21.1 Å². The van der Waals surface area contributed by atoms with Gasteiger partial charge in [-0.1, -0.05) is 13.8 Å². The molecule has 10 nitrogen and oxygen atoms in total. The molecule has 11 heteroatoms. The Balaban J connectivity index is 1.79. The van der Waals surface area contributed by atoms with Gasteiger partial charge in [-0.3, -0.25) is 0 Å². The summed E-state index contributed by atoms with van der Waals surface area (Å²) < 4.78 is 20.5. The maximum Gasteiger partial charge on any atom is 0.248 e. The predicted octanol–water partition coefficient (Wildman–Crippen LogP) is 2.35. The van der Waals surface area contributed by atoms with Gasteiger partial charge in [0.1, 0.15) is 23.7 Å². The molecule has 0 unspecified atom stereocenters. The molecule has 0 aliphatic rings. The van der Waals surface area contributed by atoms with Crippen LogP contribution in [0.25, 0.3) is 5.82 Å². The van der Waals surface area contributed by atoms with Crippen molar-refractivity contribution in [2.24, 2.45) is 5.92 Å². The van der Waals surface area contributed by atoms with Crippen molar-refractivity contribution in [2.45, 2.75) is 26.3 Å². The number of anilines is 4. The first-order chi connectivity index (χ1) is 14.4. The number of rotatable bonds is 9. The van der Waals surface area contributed by atoms with Crippen molar-refractivity contribution in [3.63, 3.8) is 0 Å². The number of ether oxygens (including phenoxy) is 1. The SMILES string of the molecule is COc1ccc(Nc2nc(N)n(-c3cc(N[C@H](CO)CC(C)C)ncn3)n2)c(F)c1. The third kappa shape index (κ3) is 5.11. The number of hydrogen-bond donors (Lipinski definition) is 4. The van der Waals surface area contributed by atoms with Crippen molar-refractivity contribution < 1.29 is 14.2 Å². The largest absolute Gasteiger partial charge is 0.497 e. The molecule has 0 saturated carbocycles. The van der Waals surface area contributed by atoms with E-state index in [1.165, 1.54) is 30.3 Å². The quantitative estimate of drug-likeness (QED) is 0.414. The van der Waals surface area contributed by atoms with Crippen LogP contribution in [0.15, 0.2) is 30.6 Å². The summed E-state index contributed by atoms with van der Waals surface area (Å²) >= 11 is 0. The lowest BCUT2D eigenvalue weighted by Crippen LogP contribution is -2.26. The number of halogens is 1. The minimum Gasteiger partial charge on any atom is -0.497 e. The van der Waals surface area contributed by atoms with E-state index in [1.54, 1.807) is 12.1 Å². The van der Waals surface area contributed by atoms with Gasteiger partial charge in [0, 0.05) is 12.1 Å². The third-order valence-electron chi connectivity index (χ3n) is 4.25. The number of benzene rings is 1. The zero-order valence-corrected chi connectivity index (χ0v) is 17.0. The molecule has 3 rings (SSSR count). The van der Waals surface area contributed by atoms with Crippen LogP contribution in [-0.4, -0.2) is 49.6 Å². The summed E-state index contributed by atoms with van der Waals surface area (Å²) in [7, 11) is 1.46. The van der Waals surface area contributed by atoms with E-state index < -0.39 is 5.82 Å². The van der Waals surface area contributed by atoms with Gasteiger partial charge in [0.2, 0.25) is 11.9 Å². The lowest BCUT2D eigenvalue weighted by molar-refractivity contribution is 0.259. The summed E-state index contributed by atoms with van der Waals surface area (Å²) in [5.41, 5.74) is 6.15. The number of nitrogens with two attached hydrogens (primary N) is 1. The van der Waals surface area contributed by atoms with E-state index in [2.05, 4.69) is 44.5 Å². The molecule has 0 amide bonds. The van der Waals surface area contributed by atoms with Crippen molar-refractivity contribution >= 4 is 23.4 Å². The highest BCUT2D eigenvalue weighted by Gasteiger charge is 2.15. The summed E-state index contributed by atoms with van der Waals surface area (Å²) in [6.45, 7) is 4.13. The van der Waals surface area contributed by atoms with Gasteiger partial charge in [-0.25, -0.2) is 14.4 Å². The Morgan fingerprint density at radius 1 is 1.27 bits per heavy atom. The molecule has 160 valence electrons. The summed E-state index contributed by atoms with van der Waals surface area (Å²) in [5, 5.41) is 19.8. The predicted molar refractivity (Wildman–Crippen MR) is 112 cm³/mol. The lowest BCUT2D eigenvalue weighted by Gasteiger charge is -2.18. The van der Waals surface area contributed by atoms with Crippen molar-refractivity contribution in [1.29, 1.82) is 0 Å². The van der Waals surface area contributed by atoms with Crippen molar-refractivity contribution in [2.75, 3.05) is 30.1 Å². The topological polar surface area (TPSA) is 136 Å². The normalized spacial score (nSPS) is 12.1. The average Bonchev–Trinajstić information content (AvgIpc) is 3.09. The van der Waals surface area contributed by atoms with Crippen molar-refractivity contribution in [3.8, 4) is 11.6 Å². The molecule has 1 aromatic carbocycles. The van der Waals surface area contributed by atoms with Crippen LogP contribution in [0.2, 0.25) is 0 Å². The van der Waals surface area contributed by atoms with Gasteiger partial charge in [0.05, 0.1) is 25.4 Å². The Labute approximate surface area is 173 Å². The molecule has 3 aromatic rings. The van der Waals surface area contributed by atoms with E-state index in [9.17, 15) is 9.50 Å². The highest BCUT2D eigenvalue weighted by atomic mass is 19.1. The van der Waals surface area contributed by atoms with Crippen molar-refractivity contribution in [1.82, 2.24) is 24.7 Å². The van der Waals surface area contributed by atoms with Gasteiger partial charge in [0.15, 0.2) is 5.82 Å². The minimum atomic E-state index is -0.516. The van der Waals surface area contributed by atoms with Crippen molar-refractivity contribution in [3.05, 3.63) is 36.4 Å². The fourth-order valence-electron chi connectivity index (χ4n) is 2.89. The first-order valence-corrected chi connectivity index (χ1v) is 9.42. The summed E-state index contributed by atoms with van der Waals surface area (Å²) in [6.07, 6.45) is 2.14. The second-order valence-corrected chi connectivity index (χ2v) is 7.09. The van der Waals surface area contributed by atoms with E-state index in [0.29, 0.717) is 23.3 Å². The molecule has 0 radical (unpaired) electrons. The van der Waals surface area contributed by atoms with Gasteiger partial charge in [0.25, 0.3) is 0 Å². The van der Waals surface area contributed by atoms with E-state index in [4.69, 9.17) is 10.5 Å². The van der Waals surface area contributed by atoms with Gasteiger partial charge in [-0.05, 0) is 24.5 Å². The number of nitrogens with zero attached hydrogens (tertiary/aromatic N) is 5. The summed E-state index contributed by atoms with van der Waals surface area (Å²) in [4.78, 5) is 12.5. The molecule has 30 heavy (non-hydrogen) atoms. The van der Waals surface area contributed by atoms with Crippen LogP contribution in [0, 0.1) is 11.7 Å². The fourth-order valence-corrected chi connectivity index (χ4v) is 2.89. The smallest absolute Gasteiger partial charge is 0.248 e. The van der Waals surface area contributed by atoms with Gasteiger partial charge in [-0.15, -0.1) is 5.10 Å². The van der Waals surface area contributed by atoms with E-state index in [-0.39, 0.29) is 30.2 Å². The summed E-state index contributed by atoms with van der Waals surface area (Å²) in [6, 6.07) is 5.88. The number of methoxy groups -OCH3 is 1. The minimum absolute atomic E-state index is 0.0233. The Bertz CT molecular complexity index is 994. The maximum absolute atomic E-state index is 14.2. The zero-order valence-electron chi connectivity index (χ0n) is 17.0. The molecule has 0 fully saturated rings. The molecule has 0 aliphatic carbocycles. The monoisotopic (exact) mass is 416 g/mol. The van der Waals surface area contributed by atoms with E-state index >= 15 is 0 Å². The molecular weight excluding hydrogens is 391 g/mol. The lowest BCUT2D eigenvalue weighted by atomic mass is 10.0. The Hall–Kier alpha value is -3.47. The molecule has 0 aliphatic heterocycles. The molecule has 2 heterocycles. The highest BCUT2D eigenvalue weighted by molar-refractivity contribution is 5.57. The molecular formula is C19H25FN8O2. The number of nitrogens with one attached hydrogen (secondary N) is 2. The van der Waals surface area contributed by atoms with Gasteiger partial charge in [-0.2, -0.15) is 9.67 Å². The van der Waals surface area contributed by atoms with E-state index in [1.807, 2.05) is 0 Å². The first kappa shape index (κ1) is 21.2. The Morgan fingerprint density at radius 2 is 2.07 bits per heavy atom. The number of aromatic nitrogens is 5. The standard InChI is InChI=1S/C19H25FN8O2/c1-11(2)6-12(9-29)24-16-8-17(23-10-22-16)28-18(21)26-19(27-28)25-15-5-4-13(30-3)7-14(15)20/h4-5,7-8,10-12,29H,6,9H2,1-3H3,(H,22,23,24)(H3,21,25,26,27)/t12-/m0/s1. The fraction of sp³-hybridized carbons (Fsp3) is 0.368. The average molecular weight is 416 g/mol. The molecule has 0 spiro atoms. The second kappa shape index (κ2) is 9.35. The molecule has 5 N–H and O–H groups in total. The van der Waals surface area contributed by atoms with Crippen LogP contribution in [-0.2, 0) is 0 Å². The highest BCUT2D eigenvalue weighted by Crippen LogP contribution is 2.24. The third-order valence-corrected chi connectivity index (χ3v) is 4.25. The van der Waals surface area contributed by atoms with Crippen LogP contribution >= 0.6 is 0 Å². The molecule has 1 atom stereocenters. The van der Waals surface area contributed by atoms with Crippen LogP contribution in [0.3, 0.4) is 0 Å². The molecule has 0 bridgehead atoms. The van der Waals surface area contributed by atoms with Crippen LogP contribution in [0.4, 0.5) is 27.8 Å². The number of hydrogen-bond acceptors (Lipinski definition) is 9. The van der Waals surface area contributed by atoms with Gasteiger partial charge < -0.3 is 26.2 Å². The Kier molecular flexibility index (Phi) is 6.62. The number of nitrogen functional groups attached to an aromatic ring is 1. The number of aliphatic hydroxyl groups excluding tert-OH is 1. The summed E-state index contributed by atoms with van der Waals surface area (Å²) in [5.74, 6) is 1.37. The number of aliphatic hydroxyl groups is 1. The van der Waals surface area contributed by atoms with Gasteiger partial charge >= 0.3 is 0 Å².